The Bertz CT molecular complexity index is 937. The molecule has 0 saturated carbocycles. The zero-order valence-electron chi connectivity index (χ0n) is 16.5. The number of aliphatic hydroxyl groups is 1. The number of amides is 2. The van der Waals surface area contributed by atoms with Crippen LogP contribution in [0.15, 0.2) is 30.4 Å². The van der Waals surface area contributed by atoms with Gasteiger partial charge in [0.1, 0.15) is 11.5 Å². The smallest absolute Gasteiger partial charge is 0.422 e. The van der Waals surface area contributed by atoms with Crippen LogP contribution in [0, 0.1) is 16.7 Å². The zero-order valence-corrected chi connectivity index (χ0v) is 17.3. The Balaban J connectivity index is 1.75. The van der Waals surface area contributed by atoms with Crippen LogP contribution in [0.2, 0.25) is 5.02 Å². The molecule has 3 N–H and O–H groups in total. The lowest BCUT2D eigenvalue weighted by atomic mass is 9.65. The van der Waals surface area contributed by atoms with Gasteiger partial charge < -0.3 is 20.1 Å². The second-order valence-electron chi connectivity index (χ2n) is 7.47. The summed E-state index contributed by atoms with van der Waals surface area (Å²) >= 11 is 6.07. The Kier molecular flexibility index (Phi) is 6.33. The lowest BCUT2D eigenvalue weighted by Crippen LogP contribution is -2.49. The van der Waals surface area contributed by atoms with Crippen LogP contribution in [-0.4, -0.2) is 60.0 Å². The van der Waals surface area contributed by atoms with Crippen molar-refractivity contribution in [3.8, 4) is 5.75 Å². The van der Waals surface area contributed by atoms with Crippen molar-refractivity contribution in [3.05, 3.63) is 40.9 Å². The predicted molar refractivity (Wildman–Crippen MR) is 106 cm³/mol. The first kappa shape index (κ1) is 23.1. The van der Waals surface area contributed by atoms with E-state index >= 15 is 0 Å². The Morgan fingerprint density at radius 2 is 2.19 bits per heavy atom. The Morgan fingerprint density at radius 3 is 2.74 bits per heavy atom. The van der Waals surface area contributed by atoms with Crippen LogP contribution in [0.25, 0.3) is 0 Å². The summed E-state index contributed by atoms with van der Waals surface area (Å²) in [4.78, 5) is 26.6. The van der Waals surface area contributed by atoms with E-state index in [-0.39, 0.29) is 42.1 Å². The number of benzene rings is 1. The van der Waals surface area contributed by atoms with Crippen molar-refractivity contribution in [2.24, 2.45) is 11.3 Å². The van der Waals surface area contributed by atoms with E-state index in [1.807, 2.05) is 0 Å². The molecule has 1 fully saturated rings. The largest absolute Gasteiger partial charge is 0.483 e. The van der Waals surface area contributed by atoms with Gasteiger partial charge in [0.05, 0.1) is 29.0 Å². The number of nitrogens with one attached hydrogen (secondary N) is 2. The van der Waals surface area contributed by atoms with Gasteiger partial charge in [-0.1, -0.05) is 29.8 Å². The van der Waals surface area contributed by atoms with Crippen molar-refractivity contribution >= 4 is 29.1 Å². The van der Waals surface area contributed by atoms with Crippen molar-refractivity contribution in [1.82, 2.24) is 10.2 Å². The van der Waals surface area contributed by atoms with Gasteiger partial charge in [-0.3, -0.25) is 15.0 Å². The van der Waals surface area contributed by atoms with Gasteiger partial charge in [-0.2, -0.15) is 13.2 Å². The summed E-state index contributed by atoms with van der Waals surface area (Å²) in [5.41, 5.74) is -0.736. The van der Waals surface area contributed by atoms with E-state index in [1.165, 1.54) is 23.1 Å². The number of carbonyl (C=O) groups excluding carboxylic acids is 2. The van der Waals surface area contributed by atoms with Gasteiger partial charge in [-0.25, -0.2) is 0 Å². The van der Waals surface area contributed by atoms with Gasteiger partial charge in [0.2, 0.25) is 5.91 Å². The SMILES string of the molecule is CC(c1ccc(OCC(F)(F)F)c(Cl)c1)N1CC2(C(=N)C(=O)NCCO)C=CC2C1=O. The number of nitrogens with zero attached hydrogens (tertiary/aromatic N) is 1. The quantitative estimate of drug-likeness (QED) is 0.410. The van der Waals surface area contributed by atoms with E-state index in [4.69, 9.17) is 26.9 Å². The minimum atomic E-state index is -4.49. The van der Waals surface area contributed by atoms with Crippen LogP contribution < -0.4 is 10.1 Å². The molecule has 1 aromatic rings. The van der Waals surface area contributed by atoms with E-state index in [2.05, 4.69) is 5.32 Å². The van der Waals surface area contributed by atoms with Gasteiger partial charge in [0.25, 0.3) is 5.91 Å². The molecule has 0 radical (unpaired) electrons. The molecule has 0 spiro atoms. The summed E-state index contributed by atoms with van der Waals surface area (Å²) in [5.74, 6) is -1.68. The minimum Gasteiger partial charge on any atom is -0.483 e. The Morgan fingerprint density at radius 1 is 1.48 bits per heavy atom. The maximum Gasteiger partial charge on any atom is 0.422 e. The van der Waals surface area contributed by atoms with Gasteiger partial charge in [0.15, 0.2) is 6.61 Å². The maximum absolute atomic E-state index is 12.9. The Labute approximate surface area is 181 Å². The predicted octanol–water partition coefficient (Wildman–Crippen LogP) is 2.48. The van der Waals surface area contributed by atoms with Crippen LogP contribution in [0.3, 0.4) is 0 Å². The number of ether oxygens (including phenoxy) is 1. The summed E-state index contributed by atoms with van der Waals surface area (Å²) in [6.45, 7) is 0.0948. The molecular weight excluding hydrogens is 439 g/mol. The van der Waals surface area contributed by atoms with Crippen molar-refractivity contribution in [2.75, 3.05) is 26.3 Å². The normalized spacial score (nSPS) is 23.2. The van der Waals surface area contributed by atoms with Gasteiger partial charge in [-0.05, 0) is 24.6 Å². The third kappa shape index (κ3) is 4.40. The molecule has 1 heterocycles. The third-order valence-electron chi connectivity index (χ3n) is 5.51. The van der Waals surface area contributed by atoms with Crippen molar-refractivity contribution in [1.29, 1.82) is 5.41 Å². The average molecular weight is 460 g/mol. The molecule has 1 aromatic carbocycles. The molecule has 1 aliphatic carbocycles. The molecule has 3 rings (SSSR count). The highest BCUT2D eigenvalue weighted by atomic mass is 35.5. The maximum atomic E-state index is 12.9. The number of carbonyl (C=O) groups is 2. The molecule has 11 heteroatoms. The fourth-order valence-corrected chi connectivity index (χ4v) is 4.01. The summed E-state index contributed by atoms with van der Waals surface area (Å²) in [6.07, 6.45) is -1.19. The molecule has 1 aliphatic heterocycles. The molecule has 3 unspecified atom stereocenters. The number of alkyl halides is 3. The van der Waals surface area contributed by atoms with E-state index < -0.39 is 36.1 Å². The monoisotopic (exact) mass is 459 g/mol. The number of halogens is 4. The van der Waals surface area contributed by atoms with E-state index in [1.54, 1.807) is 19.1 Å². The van der Waals surface area contributed by atoms with Gasteiger partial charge >= 0.3 is 6.18 Å². The van der Waals surface area contributed by atoms with Gasteiger partial charge in [-0.15, -0.1) is 0 Å². The number of fused-ring (bicyclic) bond motifs is 1. The van der Waals surface area contributed by atoms with Crippen molar-refractivity contribution in [3.63, 3.8) is 0 Å². The topological polar surface area (TPSA) is 103 Å². The molecule has 0 bridgehead atoms. The van der Waals surface area contributed by atoms with Crippen LogP contribution in [0.4, 0.5) is 13.2 Å². The van der Waals surface area contributed by atoms with Crippen molar-refractivity contribution < 1.29 is 32.6 Å². The average Bonchev–Trinajstić information content (AvgIpc) is 2.88. The number of aliphatic hydroxyl groups excluding tert-OH is 1. The summed E-state index contributed by atoms with van der Waals surface area (Å²) < 4.78 is 41.8. The summed E-state index contributed by atoms with van der Waals surface area (Å²) in [7, 11) is 0. The number of rotatable bonds is 8. The summed E-state index contributed by atoms with van der Waals surface area (Å²) in [6, 6.07) is 3.77. The van der Waals surface area contributed by atoms with Crippen LogP contribution in [0.5, 0.6) is 5.75 Å². The first-order valence-electron chi connectivity index (χ1n) is 9.47. The van der Waals surface area contributed by atoms with Gasteiger partial charge in [0, 0.05) is 13.1 Å². The molecule has 31 heavy (non-hydrogen) atoms. The number of hydrogen-bond donors (Lipinski definition) is 3. The third-order valence-corrected chi connectivity index (χ3v) is 5.80. The second-order valence-corrected chi connectivity index (χ2v) is 7.87. The standard InChI is InChI=1S/C20H21ClF3N3O4/c1-11(12-2-3-15(14(21)8-12)31-10-20(22,23)24)27-9-19(5-4-13(19)18(27)30)16(25)17(29)26-6-7-28/h2-5,8,11,13,25,28H,6-7,9-10H2,1H3,(H,26,29). The zero-order chi connectivity index (χ0) is 23.0. The van der Waals surface area contributed by atoms with Crippen LogP contribution in [-0.2, 0) is 9.59 Å². The lowest BCUT2D eigenvalue weighted by molar-refractivity contribution is -0.153. The first-order chi connectivity index (χ1) is 14.5. The van der Waals surface area contributed by atoms with E-state index in [9.17, 15) is 22.8 Å². The minimum absolute atomic E-state index is 0.000987. The molecule has 0 aromatic heterocycles. The molecular formula is C20H21ClF3N3O4. The highest BCUT2D eigenvalue weighted by molar-refractivity contribution is 6.41. The first-order valence-corrected chi connectivity index (χ1v) is 9.85. The lowest BCUT2D eigenvalue weighted by Gasteiger charge is -2.35. The fourth-order valence-electron chi connectivity index (χ4n) is 3.77. The Hall–Kier alpha value is -2.59. The number of likely N-dealkylation sites (tertiary alicyclic amines) is 1. The molecule has 2 aliphatic rings. The molecule has 7 nitrogen and oxygen atoms in total. The molecule has 3 atom stereocenters. The molecule has 1 saturated heterocycles. The summed E-state index contributed by atoms with van der Waals surface area (Å²) in [5, 5.41) is 19.5. The fraction of sp³-hybridized carbons (Fsp3) is 0.450. The highest BCUT2D eigenvalue weighted by Crippen LogP contribution is 2.49. The molecule has 168 valence electrons. The van der Waals surface area contributed by atoms with Crippen molar-refractivity contribution in [2.45, 2.75) is 19.1 Å². The second kappa shape index (κ2) is 8.51. The van der Waals surface area contributed by atoms with Crippen LogP contribution >= 0.6 is 11.6 Å². The van der Waals surface area contributed by atoms with E-state index in [0.717, 1.165) is 0 Å². The number of hydrogen-bond acceptors (Lipinski definition) is 5. The highest BCUT2D eigenvalue weighted by Gasteiger charge is 2.59. The van der Waals surface area contributed by atoms with Crippen LogP contribution in [0.1, 0.15) is 18.5 Å². The van der Waals surface area contributed by atoms with E-state index in [0.29, 0.717) is 5.56 Å². The molecule has 2 amide bonds.